The normalized spacial score (nSPS) is 21.6. The first-order chi connectivity index (χ1) is 9.60. The first kappa shape index (κ1) is 13.0. The van der Waals surface area contributed by atoms with E-state index in [4.69, 9.17) is 9.47 Å². The first-order valence-corrected chi connectivity index (χ1v) is 6.62. The van der Waals surface area contributed by atoms with Crippen molar-refractivity contribution in [2.24, 2.45) is 0 Å². The summed E-state index contributed by atoms with van der Waals surface area (Å²) in [6.07, 6.45) is 0.870. The van der Waals surface area contributed by atoms with E-state index in [-0.39, 0.29) is 5.97 Å². The monoisotopic (exact) mass is 274 g/mol. The maximum atomic E-state index is 12.1. The lowest BCUT2D eigenvalue weighted by atomic mass is 9.88. The van der Waals surface area contributed by atoms with Gasteiger partial charge in [0.2, 0.25) is 0 Å². The van der Waals surface area contributed by atoms with Crippen LogP contribution in [0.2, 0.25) is 0 Å². The minimum absolute atomic E-state index is 0.281. The van der Waals surface area contributed by atoms with Gasteiger partial charge < -0.3 is 14.5 Å². The van der Waals surface area contributed by atoms with Gasteiger partial charge in [-0.05, 0) is 37.1 Å². The zero-order valence-corrected chi connectivity index (χ0v) is 11.9. The SMILES string of the molecule is COC(=O)C1(C)NCCc2c1[nH]c1ccc(OC)cc21. The molecule has 0 bridgehead atoms. The lowest BCUT2D eigenvalue weighted by Crippen LogP contribution is -2.51. The highest BCUT2D eigenvalue weighted by Crippen LogP contribution is 2.35. The molecule has 2 N–H and O–H groups in total. The zero-order chi connectivity index (χ0) is 14.3. The highest BCUT2D eigenvalue weighted by Gasteiger charge is 2.42. The van der Waals surface area contributed by atoms with Crippen molar-refractivity contribution in [1.29, 1.82) is 0 Å². The molecule has 5 heteroatoms. The third-order valence-corrected chi connectivity index (χ3v) is 4.06. The Bertz CT molecular complexity index is 677. The number of carbonyl (C=O) groups excluding carboxylic acids is 1. The molecule has 0 aliphatic carbocycles. The molecule has 1 aromatic carbocycles. The molecule has 1 aliphatic heterocycles. The van der Waals surface area contributed by atoms with E-state index in [2.05, 4.69) is 10.3 Å². The molecule has 0 amide bonds. The van der Waals surface area contributed by atoms with E-state index < -0.39 is 5.54 Å². The van der Waals surface area contributed by atoms with Gasteiger partial charge in [-0.1, -0.05) is 0 Å². The minimum atomic E-state index is -0.825. The Hall–Kier alpha value is -2.01. The molecule has 2 aromatic rings. The molecule has 1 unspecified atom stereocenters. The first-order valence-electron chi connectivity index (χ1n) is 6.62. The van der Waals surface area contributed by atoms with Crippen molar-refractivity contribution in [2.75, 3.05) is 20.8 Å². The molecule has 0 fully saturated rings. The molecule has 1 atom stereocenters. The van der Waals surface area contributed by atoms with Crippen LogP contribution in [0.1, 0.15) is 18.2 Å². The second-order valence-electron chi connectivity index (χ2n) is 5.18. The van der Waals surface area contributed by atoms with Crippen LogP contribution in [0.25, 0.3) is 10.9 Å². The van der Waals surface area contributed by atoms with Crippen LogP contribution >= 0.6 is 0 Å². The molecule has 0 spiro atoms. The lowest BCUT2D eigenvalue weighted by molar-refractivity contribution is -0.148. The van der Waals surface area contributed by atoms with Gasteiger partial charge in [0, 0.05) is 17.4 Å². The Labute approximate surface area is 117 Å². The van der Waals surface area contributed by atoms with Gasteiger partial charge in [0.05, 0.1) is 19.9 Å². The maximum absolute atomic E-state index is 12.1. The van der Waals surface area contributed by atoms with Gasteiger partial charge >= 0.3 is 5.97 Å². The van der Waals surface area contributed by atoms with Crippen LogP contribution in [-0.2, 0) is 21.5 Å². The van der Waals surface area contributed by atoms with E-state index >= 15 is 0 Å². The topological polar surface area (TPSA) is 63.3 Å². The lowest BCUT2D eigenvalue weighted by Gasteiger charge is -2.32. The number of ether oxygens (including phenoxy) is 2. The summed E-state index contributed by atoms with van der Waals surface area (Å²) in [4.78, 5) is 15.5. The van der Waals surface area contributed by atoms with Gasteiger partial charge in [-0.2, -0.15) is 0 Å². The summed E-state index contributed by atoms with van der Waals surface area (Å²) in [5, 5.41) is 4.36. The highest BCUT2D eigenvalue weighted by atomic mass is 16.5. The fraction of sp³-hybridized carbons (Fsp3) is 0.400. The van der Waals surface area contributed by atoms with Crippen molar-refractivity contribution in [1.82, 2.24) is 10.3 Å². The number of esters is 1. The number of nitrogens with one attached hydrogen (secondary N) is 2. The smallest absolute Gasteiger partial charge is 0.331 e. The molecular formula is C15H18N2O3. The standard InChI is InChI=1S/C15H18N2O3/c1-15(14(18)20-3)13-10(6-7-16-15)11-8-9(19-2)4-5-12(11)17-13/h4-5,8,16-17H,6-7H2,1-3H3. The van der Waals surface area contributed by atoms with Gasteiger partial charge in [0.1, 0.15) is 5.75 Å². The van der Waals surface area contributed by atoms with Crippen molar-refractivity contribution in [3.63, 3.8) is 0 Å². The number of fused-ring (bicyclic) bond motifs is 3. The fourth-order valence-electron chi connectivity index (χ4n) is 2.94. The van der Waals surface area contributed by atoms with Gasteiger partial charge in [-0.3, -0.25) is 5.32 Å². The molecule has 3 rings (SSSR count). The van der Waals surface area contributed by atoms with Crippen LogP contribution in [-0.4, -0.2) is 31.7 Å². The minimum Gasteiger partial charge on any atom is -0.497 e. The largest absolute Gasteiger partial charge is 0.497 e. The Morgan fingerprint density at radius 3 is 2.85 bits per heavy atom. The average Bonchev–Trinajstić information content (AvgIpc) is 2.86. The van der Waals surface area contributed by atoms with Gasteiger partial charge in [-0.15, -0.1) is 0 Å². The second kappa shape index (κ2) is 4.52. The van der Waals surface area contributed by atoms with Crippen molar-refractivity contribution in [3.8, 4) is 5.75 Å². The van der Waals surface area contributed by atoms with E-state index in [1.54, 1.807) is 7.11 Å². The van der Waals surface area contributed by atoms with Crippen molar-refractivity contribution < 1.29 is 14.3 Å². The van der Waals surface area contributed by atoms with Crippen LogP contribution in [0.4, 0.5) is 0 Å². The van der Waals surface area contributed by atoms with E-state index in [1.807, 2.05) is 25.1 Å². The summed E-state index contributed by atoms with van der Waals surface area (Å²) in [5.41, 5.74) is 2.23. The number of benzene rings is 1. The van der Waals surface area contributed by atoms with E-state index in [1.165, 1.54) is 7.11 Å². The molecule has 5 nitrogen and oxygen atoms in total. The Balaban J connectivity index is 2.22. The molecule has 106 valence electrons. The van der Waals surface area contributed by atoms with Crippen molar-refractivity contribution in [3.05, 3.63) is 29.5 Å². The maximum Gasteiger partial charge on any atom is 0.331 e. The molecular weight excluding hydrogens is 256 g/mol. The highest BCUT2D eigenvalue weighted by molar-refractivity contribution is 5.91. The van der Waals surface area contributed by atoms with E-state index in [0.717, 1.165) is 40.9 Å². The summed E-state index contributed by atoms with van der Waals surface area (Å²) in [7, 11) is 3.07. The number of methoxy groups -OCH3 is 2. The Morgan fingerprint density at radius 2 is 2.15 bits per heavy atom. The van der Waals surface area contributed by atoms with Crippen molar-refractivity contribution in [2.45, 2.75) is 18.9 Å². The van der Waals surface area contributed by atoms with Crippen LogP contribution in [0, 0.1) is 0 Å². The summed E-state index contributed by atoms with van der Waals surface area (Å²) in [5.74, 6) is 0.537. The quantitative estimate of drug-likeness (QED) is 0.818. The molecule has 2 heterocycles. The fourth-order valence-corrected chi connectivity index (χ4v) is 2.94. The third kappa shape index (κ3) is 1.70. The molecule has 20 heavy (non-hydrogen) atoms. The van der Waals surface area contributed by atoms with Crippen LogP contribution in [0.3, 0.4) is 0 Å². The number of hydrogen-bond acceptors (Lipinski definition) is 4. The number of rotatable bonds is 2. The van der Waals surface area contributed by atoms with Crippen LogP contribution in [0.5, 0.6) is 5.75 Å². The Morgan fingerprint density at radius 1 is 1.35 bits per heavy atom. The molecule has 0 radical (unpaired) electrons. The Kier molecular flexibility index (Phi) is 2.94. The third-order valence-electron chi connectivity index (χ3n) is 4.06. The summed E-state index contributed by atoms with van der Waals surface area (Å²) in [6, 6.07) is 5.89. The predicted octanol–water partition coefficient (Wildman–Crippen LogP) is 1.71. The molecule has 1 aliphatic rings. The average molecular weight is 274 g/mol. The molecule has 0 saturated carbocycles. The van der Waals surface area contributed by atoms with E-state index in [0.29, 0.717) is 0 Å². The summed E-state index contributed by atoms with van der Waals surface area (Å²) < 4.78 is 10.2. The van der Waals surface area contributed by atoms with Gasteiger partial charge in [0.25, 0.3) is 0 Å². The van der Waals surface area contributed by atoms with Crippen molar-refractivity contribution >= 4 is 16.9 Å². The molecule has 0 saturated heterocycles. The number of H-pyrrole nitrogens is 1. The summed E-state index contributed by atoms with van der Waals surface area (Å²) in [6.45, 7) is 2.59. The number of aromatic amines is 1. The predicted molar refractivity (Wildman–Crippen MR) is 75.9 cm³/mol. The van der Waals surface area contributed by atoms with Gasteiger partial charge in [0.15, 0.2) is 5.54 Å². The number of aromatic nitrogens is 1. The van der Waals surface area contributed by atoms with Crippen LogP contribution < -0.4 is 10.1 Å². The van der Waals surface area contributed by atoms with Crippen LogP contribution in [0.15, 0.2) is 18.2 Å². The second-order valence-corrected chi connectivity index (χ2v) is 5.18. The molecule has 1 aromatic heterocycles. The van der Waals surface area contributed by atoms with Gasteiger partial charge in [-0.25, -0.2) is 4.79 Å². The summed E-state index contributed by atoms with van der Waals surface area (Å²) >= 11 is 0. The zero-order valence-electron chi connectivity index (χ0n) is 11.9. The number of hydrogen-bond donors (Lipinski definition) is 2. The number of carbonyl (C=O) groups is 1. The van der Waals surface area contributed by atoms with E-state index in [9.17, 15) is 4.79 Å².